The van der Waals surface area contributed by atoms with E-state index in [2.05, 4.69) is 5.32 Å². The zero-order valence-electron chi connectivity index (χ0n) is 20.0. The SMILES string of the molecule is Cc1c(Cl)cccc1N(CC(=O)N(Cc1cccc(Cl)c1)C(C)C(=O)NCC(C)C)S(C)(=O)=O. The number of anilines is 1. The van der Waals surface area contributed by atoms with Crippen molar-refractivity contribution in [1.82, 2.24) is 10.2 Å². The van der Waals surface area contributed by atoms with Crippen molar-refractivity contribution in [2.75, 3.05) is 23.7 Å². The molecule has 0 radical (unpaired) electrons. The van der Waals surface area contributed by atoms with Crippen LogP contribution >= 0.6 is 23.2 Å². The maximum Gasteiger partial charge on any atom is 0.244 e. The number of carbonyl (C=O) groups excluding carboxylic acids is 2. The molecule has 0 bridgehead atoms. The number of nitrogens with one attached hydrogen (secondary N) is 1. The van der Waals surface area contributed by atoms with Gasteiger partial charge in [0.05, 0.1) is 11.9 Å². The third kappa shape index (κ3) is 7.61. The van der Waals surface area contributed by atoms with Crippen LogP contribution in [0.15, 0.2) is 42.5 Å². The molecule has 0 saturated heterocycles. The highest BCUT2D eigenvalue weighted by Crippen LogP contribution is 2.28. The maximum atomic E-state index is 13.5. The van der Waals surface area contributed by atoms with Gasteiger partial charge in [-0.15, -0.1) is 0 Å². The van der Waals surface area contributed by atoms with Crippen molar-refractivity contribution >= 4 is 50.7 Å². The molecule has 0 spiro atoms. The average Bonchev–Trinajstić information content (AvgIpc) is 2.75. The highest BCUT2D eigenvalue weighted by molar-refractivity contribution is 7.92. The Bertz CT molecular complexity index is 1140. The molecule has 1 N–H and O–H groups in total. The quantitative estimate of drug-likeness (QED) is 0.500. The van der Waals surface area contributed by atoms with Gasteiger partial charge in [-0.1, -0.05) is 55.2 Å². The molecule has 0 aliphatic carbocycles. The van der Waals surface area contributed by atoms with Crippen LogP contribution in [0.3, 0.4) is 0 Å². The molecule has 186 valence electrons. The number of carbonyl (C=O) groups is 2. The Balaban J connectivity index is 2.41. The van der Waals surface area contributed by atoms with Gasteiger partial charge in [0.25, 0.3) is 0 Å². The molecule has 10 heteroatoms. The predicted octanol–water partition coefficient (Wildman–Crippen LogP) is 4.26. The van der Waals surface area contributed by atoms with Gasteiger partial charge in [0.1, 0.15) is 12.6 Å². The van der Waals surface area contributed by atoms with Crippen LogP contribution in [0.2, 0.25) is 10.0 Å². The highest BCUT2D eigenvalue weighted by Gasteiger charge is 2.30. The molecule has 1 atom stereocenters. The molecule has 0 heterocycles. The Labute approximate surface area is 212 Å². The Morgan fingerprint density at radius 2 is 1.71 bits per heavy atom. The summed E-state index contributed by atoms with van der Waals surface area (Å²) in [5.41, 5.74) is 1.56. The molecule has 0 aromatic heterocycles. The number of halogens is 2. The van der Waals surface area contributed by atoms with Gasteiger partial charge >= 0.3 is 0 Å². The fourth-order valence-electron chi connectivity index (χ4n) is 3.33. The number of amides is 2. The number of sulfonamides is 1. The van der Waals surface area contributed by atoms with Crippen LogP contribution in [0.5, 0.6) is 0 Å². The number of rotatable bonds is 10. The highest BCUT2D eigenvalue weighted by atomic mass is 35.5. The Morgan fingerprint density at radius 3 is 2.29 bits per heavy atom. The van der Waals surface area contributed by atoms with Crippen molar-refractivity contribution in [2.45, 2.75) is 40.3 Å². The standard InChI is InChI=1S/C24H31Cl2N3O4S/c1-16(2)13-27-24(31)18(4)28(14-19-8-6-9-20(25)12-19)23(30)15-29(34(5,32)33)22-11-7-10-21(26)17(22)3/h6-12,16,18H,13-15H2,1-5H3,(H,27,31). The molecule has 0 aliphatic heterocycles. The van der Waals surface area contributed by atoms with Crippen molar-refractivity contribution in [3.63, 3.8) is 0 Å². The fourth-order valence-corrected chi connectivity index (χ4v) is 4.61. The third-order valence-electron chi connectivity index (χ3n) is 5.28. The van der Waals surface area contributed by atoms with E-state index in [1.165, 1.54) is 4.90 Å². The monoisotopic (exact) mass is 527 g/mol. The number of benzene rings is 2. The lowest BCUT2D eigenvalue weighted by Crippen LogP contribution is -2.51. The minimum Gasteiger partial charge on any atom is -0.354 e. The lowest BCUT2D eigenvalue weighted by Gasteiger charge is -2.32. The molecule has 2 rings (SSSR count). The molecular weight excluding hydrogens is 497 g/mol. The van der Waals surface area contributed by atoms with E-state index in [1.54, 1.807) is 56.3 Å². The van der Waals surface area contributed by atoms with Gasteiger partial charge in [0.2, 0.25) is 21.8 Å². The summed E-state index contributed by atoms with van der Waals surface area (Å²) in [6.45, 7) is 7.30. The minimum atomic E-state index is -3.83. The van der Waals surface area contributed by atoms with Gasteiger partial charge < -0.3 is 10.2 Å². The summed E-state index contributed by atoms with van der Waals surface area (Å²) in [6, 6.07) is 11.0. The molecular formula is C24H31Cl2N3O4S. The van der Waals surface area contributed by atoms with E-state index in [-0.39, 0.29) is 18.4 Å². The van der Waals surface area contributed by atoms with Gasteiger partial charge in [-0.3, -0.25) is 13.9 Å². The largest absolute Gasteiger partial charge is 0.354 e. The first-order valence-electron chi connectivity index (χ1n) is 10.9. The summed E-state index contributed by atoms with van der Waals surface area (Å²) in [7, 11) is -3.83. The normalized spacial score (nSPS) is 12.4. The smallest absolute Gasteiger partial charge is 0.244 e. The van der Waals surface area contributed by atoms with E-state index in [0.29, 0.717) is 33.4 Å². The van der Waals surface area contributed by atoms with E-state index < -0.39 is 28.5 Å². The molecule has 0 fully saturated rings. The van der Waals surface area contributed by atoms with Crippen molar-refractivity contribution in [3.8, 4) is 0 Å². The van der Waals surface area contributed by atoms with Gasteiger partial charge in [-0.05, 0) is 55.2 Å². The predicted molar refractivity (Wildman–Crippen MR) is 138 cm³/mol. The van der Waals surface area contributed by atoms with Crippen LogP contribution in [0.1, 0.15) is 31.9 Å². The topological polar surface area (TPSA) is 86.8 Å². The average molecular weight is 529 g/mol. The molecule has 2 aromatic rings. The second-order valence-corrected chi connectivity index (χ2v) is 11.4. The summed E-state index contributed by atoms with van der Waals surface area (Å²) in [6.07, 6.45) is 1.03. The number of hydrogen-bond acceptors (Lipinski definition) is 4. The van der Waals surface area contributed by atoms with Gasteiger partial charge in [-0.2, -0.15) is 0 Å². The Kier molecular flexibility index (Phi) is 9.79. The minimum absolute atomic E-state index is 0.0851. The summed E-state index contributed by atoms with van der Waals surface area (Å²) < 4.78 is 26.3. The Hall–Kier alpha value is -2.29. The summed E-state index contributed by atoms with van der Waals surface area (Å²) in [5, 5.41) is 3.72. The maximum absolute atomic E-state index is 13.5. The first-order chi connectivity index (χ1) is 15.8. The Morgan fingerprint density at radius 1 is 1.06 bits per heavy atom. The van der Waals surface area contributed by atoms with Crippen LogP contribution in [0.25, 0.3) is 0 Å². The van der Waals surface area contributed by atoms with Crippen LogP contribution in [-0.4, -0.2) is 50.5 Å². The van der Waals surface area contributed by atoms with Crippen molar-refractivity contribution in [3.05, 3.63) is 63.6 Å². The zero-order valence-corrected chi connectivity index (χ0v) is 22.3. The molecule has 2 aromatic carbocycles. The third-order valence-corrected chi connectivity index (χ3v) is 7.05. The molecule has 7 nitrogen and oxygen atoms in total. The molecule has 2 amide bonds. The summed E-state index contributed by atoms with van der Waals surface area (Å²) in [5.74, 6) is -0.620. The van der Waals surface area contributed by atoms with E-state index in [9.17, 15) is 18.0 Å². The van der Waals surface area contributed by atoms with Crippen molar-refractivity contribution in [2.24, 2.45) is 5.92 Å². The first-order valence-corrected chi connectivity index (χ1v) is 13.5. The summed E-state index contributed by atoms with van der Waals surface area (Å²) >= 11 is 12.3. The second-order valence-electron chi connectivity index (χ2n) is 8.62. The van der Waals surface area contributed by atoms with Crippen molar-refractivity contribution in [1.29, 1.82) is 0 Å². The van der Waals surface area contributed by atoms with Crippen LogP contribution in [0.4, 0.5) is 5.69 Å². The summed E-state index contributed by atoms with van der Waals surface area (Å²) in [4.78, 5) is 27.7. The lowest BCUT2D eigenvalue weighted by molar-refractivity contribution is -0.139. The molecule has 0 saturated carbocycles. The molecule has 0 aliphatic rings. The molecule has 34 heavy (non-hydrogen) atoms. The number of hydrogen-bond donors (Lipinski definition) is 1. The van der Waals surface area contributed by atoms with E-state index in [4.69, 9.17) is 23.2 Å². The van der Waals surface area contributed by atoms with Crippen LogP contribution in [-0.2, 0) is 26.2 Å². The zero-order chi connectivity index (χ0) is 25.6. The fraction of sp³-hybridized carbons (Fsp3) is 0.417. The van der Waals surface area contributed by atoms with Crippen molar-refractivity contribution < 1.29 is 18.0 Å². The van der Waals surface area contributed by atoms with E-state index >= 15 is 0 Å². The second kappa shape index (κ2) is 11.9. The lowest BCUT2D eigenvalue weighted by atomic mass is 10.1. The number of nitrogens with zero attached hydrogens (tertiary/aromatic N) is 2. The van der Waals surface area contributed by atoms with Gasteiger partial charge in [0.15, 0.2) is 0 Å². The van der Waals surface area contributed by atoms with E-state index in [1.807, 2.05) is 13.8 Å². The van der Waals surface area contributed by atoms with Crippen LogP contribution < -0.4 is 9.62 Å². The van der Waals surface area contributed by atoms with Gasteiger partial charge in [0, 0.05) is 23.1 Å². The first kappa shape index (κ1) is 28.0. The van der Waals surface area contributed by atoms with Gasteiger partial charge in [-0.25, -0.2) is 8.42 Å². The van der Waals surface area contributed by atoms with Crippen LogP contribution in [0, 0.1) is 12.8 Å². The van der Waals surface area contributed by atoms with E-state index in [0.717, 1.165) is 10.6 Å². The molecule has 1 unspecified atom stereocenters.